The molecule has 94 valence electrons. The average Bonchev–Trinajstić information content (AvgIpc) is 2.85. The monoisotopic (exact) mass is 254 g/mol. The Bertz CT molecular complexity index is 765. The van der Waals surface area contributed by atoms with E-state index < -0.39 is 5.97 Å². The highest BCUT2D eigenvalue weighted by Gasteiger charge is 2.14. The summed E-state index contributed by atoms with van der Waals surface area (Å²) in [4.78, 5) is 19.4. The minimum atomic E-state index is -1.02. The molecule has 0 atom stereocenters. The minimum absolute atomic E-state index is 0.122. The maximum absolute atomic E-state index is 11.0. The van der Waals surface area contributed by atoms with E-state index in [1.165, 1.54) is 10.7 Å². The number of nitrogens with zero attached hydrogens (tertiary/aromatic N) is 4. The molecule has 0 saturated heterocycles. The molecule has 3 aromatic rings. The van der Waals surface area contributed by atoms with Crippen LogP contribution in [0.3, 0.4) is 0 Å². The number of carboxylic acid groups (broad SMARTS) is 1. The van der Waals surface area contributed by atoms with E-state index in [1.54, 1.807) is 6.92 Å². The fraction of sp³-hybridized carbons (Fsp3) is 0.0769. The quantitative estimate of drug-likeness (QED) is 0.754. The van der Waals surface area contributed by atoms with Gasteiger partial charge in [0.15, 0.2) is 5.82 Å². The van der Waals surface area contributed by atoms with Gasteiger partial charge >= 0.3 is 5.97 Å². The van der Waals surface area contributed by atoms with Gasteiger partial charge in [0, 0.05) is 11.8 Å². The zero-order valence-electron chi connectivity index (χ0n) is 10.1. The van der Waals surface area contributed by atoms with Crippen molar-refractivity contribution < 1.29 is 9.90 Å². The number of benzene rings is 1. The number of aromatic carboxylic acids is 1. The van der Waals surface area contributed by atoms with Gasteiger partial charge in [-0.05, 0) is 6.92 Å². The second-order valence-electron chi connectivity index (χ2n) is 4.08. The van der Waals surface area contributed by atoms with Gasteiger partial charge in [0.1, 0.15) is 0 Å². The first-order valence-electron chi connectivity index (χ1n) is 5.68. The van der Waals surface area contributed by atoms with Crippen LogP contribution >= 0.6 is 0 Å². The van der Waals surface area contributed by atoms with E-state index >= 15 is 0 Å². The summed E-state index contributed by atoms with van der Waals surface area (Å²) in [7, 11) is 0. The fourth-order valence-electron chi connectivity index (χ4n) is 1.86. The molecule has 6 nitrogen and oxygen atoms in total. The molecule has 1 N–H and O–H groups in total. The van der Waals surface area contributed by atoms with Crippen LogP contribution in [-0.4, -0.2) is 30.7 Å². The van der Waals surface area contributed by atoms with Crippen LogP contribution in [0.5, 0.6) is 0 Å². The number of fused-ring (bicyclic) bond motifs is 1. The van der Waals surface area contributed by atoms with E-state index in [9.17, 15) is 4.79 Å². The van der Waals surface area contributed by atoms with Crippen LogP contribution < -0.4 is 0 Å². The van der Waals surface area contributed by atoms with Crippen molar-refractivity contribution in [1.82, 2.24) is 19.6 Å². The highest BCUT2D eigenvalue weighted by molar-refractivity contribution is 5.88. The summed E-state index contributed by atoms with van der Waals surface area (Å²) in [5.41, 5.74) is 1.49. The number of rotatable bonds is 2. The topological polar surface area (TPSA) is 80.4 Å². The molecule has 1 aromatic carbocycles. The number of aromatic nitrogens is 4. The molecule has 0 radical (unpaired) electrons. The molecule has 2 aromatic heterocycles. The van der Waals surface area contributed by atoms with Gasteiger partial charge in [-0.25, -0.2) is 14.3 Å². The van der Waals surface area contributed by atoms with Crippen LogP contribution in [-0.2, 0) is 0 Å². The van der Waals surface area contributed by atoms with Crippen LogP contribution in [0.4, 0.5) is 0 Å². The Kier molecular flexibility index (Phi) is 2.49. The first kappa shape index (κ1) is 11.3. The second-order valence-corrected chi connectivity index (χ2v) is 4.08. The van der Waals surface area contributed by atoms with Crippen molar-refractivity contribution in [3.63, 3.8) is 0 Å². The summed E-state index contributed by atoms with van der Waals surface area (Å²) in [6.07, 6.45) is 1.30. The summed E-state index contributed by atoms with van der Waals surface area (Å²) >= 11 is 0. The van der Waals surface area contributed by atoms with E-state index in [1.807, 2.05) is 30.3 Å². The molecule has 3 rings (SSSR count). The van der Waals surface area contributed by atoms with Crippen molar-refractivity contribution in [1.29, 1.82) is 0 Å². The van der Waals surface area contributed by atoms with Crippen LogP contribution in [0.1, 0.15) is 16.1 Å². The van der Waals surface area contributed by atoms with E-state index in [0.29, 0.717) is 17.3 Å². The third-order valence-corrected chi connectivity index (χ3v) is 2.87. The molecule has 0 bridgehead atoms. The molecule has 19 heavy (non-hydrogen) atoms. The molecule has 0 saturated carbocycles. The van der Waals surface area contributed by atoms with E-state index in [-0.39, 0.29) is 5.56 Å². The van der Waals surface area contributed by atoms with Gasteiger partial charge in [-0.3, -0.25) is 0 Å². The summed E-state index contributed by atoms with van der Waals surface area (Å²) in [6, 6.07) is 9.48. The standard InChI is InChI=1S/C13H10N4O2/c1-8-10(12(18)19)7-14-13-15-11(16-17(8)13)9-5-3-2-4-6-9/h2-7H,1H3,(H,18,19). The number of hydrogen-bond acceptors (Lipinski definition) is 4. The lowest BCUT2D eigenvalue weighted by Crippen LogP contribution is -2.07. The predicted octanol–water partition coefficient (Wildman–Crippen LogP) is 1.80. The van der Waals surface area contributed by atoms with E-state index in [2.05, 4.69) is 15.1 Å². The van der Waals surface area contributed by atoms with Gasteiger partial charge in [-0.1, -0.05) is 30.3 Å². The van der Waals surface area contributed by atoms with Crippen molar-refractivity contribution in [3.05, 3.63) is 47.8 Å². The van der Waals surface area contributed by atoms with Crippen LogP contribution in [0.15, 0.2) is 36.5 Å². The van der Waals surface area contributed by atoms with E-state index in [4.69, 9.17) is 5.11 Å². The Morgan fingerprint density at radius 1 is 1.26 bits per heavy atom. The maximum atomic E-state index is 11.0. The maximum Gasteiger partial charge on any atom is 0.339 e. The Balaban J connectivity index is 2.22. The van der Waals surface area contributed by atoms with Crippen molar-refractivity contribution in [2.75, 3.05) is 0 Å². The molecule has 0 amide bonds. The molecule has 0 aliphatic carbocycles. The zero-order chi connectivity index (χ0) is 13.4. The SMILES string of the molecule is Cc1c(C(=O)O)cnc2nc(-c3ccccc3)nn12. The number of carbonyl (C=O) groups is 1. The van der Waals surface area contributed by atoms with Crippen LogP contribution in [0.2, 0.25) is 0 Å². The number of aryl methyl sites for hydroxylation is 1. The number of carboxylic acids is 1. The molecule has 0 spiro atoms. The third kappa shape index (κ3) is 1.83. The lowest BCUT2D eigenvalue weighted by Gasteiger charge is -2.00. The van der Waals surface area contributed by atoms with Gasteiger partial charge in [0.25, 0.3) is 5.78 Å². The number of hydrogen-bond donors (Lipinski definition) is 1. The minimum Gasteiger partial charge on any atom is -0.478 e. The molecule has 0 fully saturated rings. The first-order valence-corrected chi connectivity index (χ1v) is 5.68. The molecule has 2 heterocycles. The van der Waals surface area contributed by atoms with Crippen LogP contribution in [0, 0.1) is 6.92 Å². The Morgan fingerprint density at radius 3 is 2.68 bits per heavy atom. The van der Waals surface area contributed by atoms with Crippen LogP contribution in [0.25, 0.3) is 17.2 Å². The highest BCUT2D eigenvalue weighted by Crippen LogP contribution is 2.16. The normalized spacial score (nSPS) is 10.8. The summed E-state index contributed by atoms with van der Waals surface area (Å²) in [5, 5.41) is 13.4. The van der Waals surface area contributed by atoms with Crippen molar-refractivity contribution in [2.24, 2.45) is 0 Å². The van der Waals surface area contributed by atoms with Crippen molar-refractivity contribution in [3.8, 4) is 11.4 Å². The Morgan fingerprint density at radius 2 is 2.00 bits per heavy atom. The Labute approximate surface area is 108 Å². The molecule has 0 aliphatic rings. The molecular formula is C13H10N4O2. The second kappa shape index (κ2) is 4.16. The lowest BCUT2D eigenvalue weighted by molar-refractivity contribution is 0.0695. The van der Waals surface area contributed by atoms with E-state index in [0.717, 1.165) is 5.56 Å². The Hall–Kier alpha value is -2.76. The van der Waals surface area contributed by atoms with Crippen molar-refractivity contribution >= 4 is 11.7 Å². The smallest absolute Gasteiger partial charge is 0.339 e. The molecule has 6 heteroatoms. The lowest BCUT2D eigenvalue weighted by atomic mass is 10.2. The molecular weight excluding hydrogens is 244 g/mol. The predicted molar refractivity (Wildman–Crippen MR) is 67.9 cm³/mol. The third-order valence-electron chi connectivity index (χ3n) is 2.87. The van der Waals surface area contributed by atoms with Gasteiger partial charge in [0.05, 0.1) is 11.3 Å². The first-order chi connectivity index (χ1) is 9.16. The summed E-state index contributed by atoms with van der Waals surface area (Å²) < 4.78 is 1.45. The fourth-order valence-corrected chi connectivity index (χ4v) is 1.86. The largest absolute Gasteiger partial charge is 0.478 e. The highest BCUT2D eigenvalue weighted by atomic mass is 16.4. The van der Waals surface area contributed by atoms with Gasteiger partial charge < -0.3 is 5.11 Å². The van der Waals surface area contributed by atoms with Crippen molar-refractivity contribution in [2.45, 2.75) is 6.92 Å². The zero-order valence-corrected chi connectivity index (χ0v) is 10.1. The molecule has 0 unspecified atom stereocenters. The van der Waals surface area contributed by atoms with Gasteiger partial charge in [-0.2, -0.15) is 4.98 Å². The average molecular weight is 254 g/mol. The summed E-state index contributed by atoms with van der Waals surface area (Å²) in [5.74, 6) is -0.108. The summed E-state index contributed by atoms with van der Waals surface area (Å²) in [6.45, 7) is 1.68. The molecule has 0 aliphatic heterocycles. The van der Waals surface area contributed by atoms with Gasteiger partial charge in [-0.15, -0.1) is 5.10 Å². The van der Waals surface area contributed by atoms with Gasteiger partial charge in [0.2, 0.25) is 0 Å².